The molecule has 8 heteroatoms. The highest BCUT2D eigenvalue weighted by Crippen LogP contribution is 2.47. The number of alkyl halides is 3. The van der Waals surface area contributed by atoms with Crippen LogP contribution in [0.4, 0.5) is 18.9 Å². The first-order valence-corrected chi connectivity index (χ1v) is 9.62. The second-order valence-electron chi connectivity index (χ2n) is 7.33. The average Bonchev–Trinajstić information content (AvgIpc) is 3.34. The Bertz CT molecular complexity index is 1110. The van der Waals surface area contributed by atoms with E-state index in [0.29, 0.717) is 16.8 Å². The minimum atomic E-state index is -4.86. The van der Waals surface area contributed by atoms with E-state index >= 15 is 0 Å². The Labute approximate surface area is 176 Å². The zero-order valence-corrected chi connectivity index (χ0v) is 16.6. The number of ether oxygens (including phenoxy) is 1. The molecular weight excluding hydrogens is 409 g/mol. The van der Waals surface area contributed by atoms with Crippen LogP contribution in [-0.2, 0) is 10.3 Å². The Kier molecular flexibility index (Phi) is 5.08. The number of Topliss-reactive ketones (excluding diaryl/α,β-unsaturated/α-hetero) is 1. The van der Waals surface area contributed by atoms with Gasteiger partial charge in [0.2, 0.25) is 0 Å². The first-order valence-electron chi connectivity index (χ1n) is 9.62. The van der Waals surface area contributed by atoms with Crippen LogP contribution in [0.5, 0.6) is 5.75 Å². The Morgan fingerprint density at radius 1 is 1.03 bits per heavy atom. The molecule has 5 nitrogen and oxygen atoms in total. The molecule has 160 valence electrons. The van der Waals surface area contributed by atoms with Crippen molar-refractivity contribution < 1.29 is 27.5 Å². The summed E-state index contributed by atoms with van der Waals surface area (Å²) in [6, 6.07) is 16.0. The zero-order valence-electron chi connectivity index (χ0n) is 16.6. The first-order chi connectivity index (χ1) is 14.7. The highest BCUT2D eigenvalue weighted by Gasteiger charge is 2.51. The Morgan fingerprint density at radius 2 is 1.71 bits per heavy atom. The first kappa shape index (κ1) is 20.7. The highest BCUT2D eigenvalue weighted by molar-refractivity contribution is 6.08. The number of halogens is 3. The van der Waals surface area contributed by atoms with Crippen LogP contribution in [0.2, 0.25) is 0 Å². The monoisotopic (exact) mass is 428 g/mol. The predicted molar refractivity (Wildman–Crippen MR) is 108 cm³/mol. The van der Waals surface area contributed by atoms with Crippen LogP contribution in [0.25, 0.3) is 0 Å². The summed E-state index contributed by atoms with van der Waals surface area (Å²) in [4.78, 5) is 27.6. The van der Waals surface area contributed by atoms with Gasteiger partial charge in [0.1, 0.15) is 5.75 Å². The Hall–Kier alpha value is -3.55. The maximum atomic E-state index is 13.5. The molecule has 2 aromatic carbocycles. The fourth-order valence-electron chi connectivity index (χ4n) is 4.11. The van der Waals surface area contributed by atoms with Crippen LogP contribution in [-0.4, -0.2) is 29.7 Å². The van der Waals surface area contributed by atoms with Gasteiger partial charge in [0.25, 0.3) is 5.91 Å². The van der Waals surface area contributed by atoms with Gasteiger partial charge in [-0.05, 0) is 36.8 Å². The van der Waals surface area contributed by atoms with Crippen LogP contribution < -0.4 is 9.64 Å². The van der Waals surface area contributed by atoms with E-state index in [1.54, 1.807) is 66.5 Å². The molecule has 31 heavy (non-hydrogen) atoms. The van der Waals surface area contributed by atoms with Gasteiger partial charge >= 0.3 is 6.36 Å². The maximum absolute atomic E-state index is 13.5. The van der Waals surface area contributed by atoms with Crippen molar-refractivity contribution in [3.8, 4) is 5.75 Å². The summed E-state index contributed by atoms with van der Waals surface area (Å²) in [5, 5.41) is 0. The molecule has 0 spiro atoms. The molecule has 0 fully saturated rings. The minimum Gasteiger partial charge on any atom is -0.406 e. The van der Waals surface area contributed by atoms with E-state index in [1.807, 2.05) is 0 Å². The number of carbonyl (C=O) groups excluding carboxylic acids is 2. The topological polar surface area (TPSA) is 51.5 Å². The van der Waals surface area contributed by atoms with E-state index in [9.17, 15) is 22.8 Å². The van der Waals surface area contributed by atoms with Gasteiger partial charge in [-0.1, -0.05) is 30.3 Å². The molecule has 0 radical (unpaired) electrons. The summed E-state index contributed by atoms with van der Waals surface area (Å²) in [6.45, 7) is 0. The summed E-state index contributed by atoms with van der Waals surface area (Å²) in [5.41, 5.74) is -0.0132. The van der Waals surface area contributed by atoms with Gasteiger partial charge in [-0.15, -0.1) is 13.2 Å². The number of anilines is 1. The predicted octanol–water partition coefficient (Wildman–Crippen LogP) is 4.77. The Morgan fingerprint density at radius 3 is 2.35 bits per heavy atom. The van der Waals surface area contributed by atoms with E-state index in [4.69, 9.17) is 0 Å². The number of aromatic nitrogens is 1. The molecule has 0 bridgehead atoms. The summed E-state index contributed by atoms with van der Waals surface area (Å²) in [6.07, 6.45) is -1.40. The van der Waals surface area contributed by atoms with Gasteiger partial charge in [0.15, 0.2) is 11.3 Å². The SMILES string of the molecule is CN1C(=O)[C@](CCC(=O)c2ccccc2)(n2cccc2)c2cc(OC(F)(F)F)ccc21. The fourth-order valence-corrected chi connectivity index (χ4v) is 4.11. The molecule has 1 aliphatic heterocycles. The molecule has 0 aliphatic carbocycles. The molecule has 3 aromatic rings. The smallest absolute Gasteiger partial charge is 0.406 e. The van der Waals surface area contributed by atoms with Crippen molar-refractivity contribution in [2.45, 2.75) is 24.7 Å². The number of amides is 1. The molecule has 0 unspecified atom stereocenters. The quantitative estimate of drug-likeness (QED) is 0.532. The number of carbonyl (C=O) groups is 2. The van der Waals surface area contributed by atoms with Crippen molar-refractivity contribution in [2.24, 2.45) is 0 Å². The number of fused-ring (bicyclic) bond motifs is 1. The molecule has 1 aliphatic rings. The van der Waals surface area contributed by atoms with Crippen molar-refractivity contribution in [3.63, 3.8) is 0 Å². The number of nitrogens with zero attached hydrogens (tertiary/aromatic N) is 2. The second kappa shape index (κ2) is 7.61. The molecule has 2 heterocycles. The molecular formula is C23H19F3N2O3. The second-order valence-corrected chi connectivity index (χ2v) is 7.33. The van der Waals surface area contributed by atoms with Crippen LogP contribution >= 0.6 is 0 Å². The van der Waals surface area contributed by atoms with Gasteiger partial charge < -0.3 is 14.2 Å². The number of benzene rings is 2. The molecule has 1 amide bonds. The lowest BCUT2D eigenvalue weighted by Gasteiger charge is -2.30. The lowest BCUT2D eigenvalue weighted by molar-refractivity contribution is -0.274. The van der Waals surface area contributed by atoms with Gasteiger partial charge in [-0.2, -0.15) is 0 Å². The molecule has 0 N–H and O–H groups in total. The molecule has 0 saturated heterocycles. The van der Waals surface area contributed by atoms with Crippen LogP contribution in [0.3, 0.4) is 0 Å². The summed E-state index contributed by atoms with van der Waals surface area (Å²) >= 11 is 0. The van der Waals surface area contributed by atoms with Crippen molar-refractivity contribution in [2.75, 3.05) is 11.9 Å². The number of hydrogen-bond acceptors (Lipinski definition) is 3. The van der Waals surface area contributed by atoms with Crippen LogP contribution in [0, 0.1) is 0 Å². The number of rotatable bonds is 6. The third-order valence-electron chi connectivity index (χ3n) is 5.52. The molecule has 4 rings (SSSR count). The van der Waals surface area contributed by atoms with Crippen molar-refractivity contribution in [1.29, 1.82) is 0 Å². The number of hydrogen-bond donors (Lipinski definition) is 0. The van der Waals surface area contributed by atoms with Gasteiger partial charge in [0.05, 0.1) is 0 Å². The van der Waals surface area contributed by atoms with Gasteiger partial charge in [0, 0.05) is 42.7 Å². The van der Waals surface area contributed by atoms with Crippen molar-refractivity contribution >= 4 is 17.4 Å². The van der Waals surface area contributed by atoms with E-state index in [0.717, 1.165) is 0 Å². The zero-order chi connectivity index (χ0) is 22.2. The van der Waals surface area contributed by atoms with Gasteiger partial charge in [-0.25, -0.2) is 0 Å². The lowest BCUT2D eigenvalue weighted by atomic mass is 9.84. The summed E-state index contributed by atoms with van der Waals surface area (Å²) < 4.78 is 44.2. The fraction of sp³-hybridized carbons (Fsp3) is 0.217. The average molecular weight is 428 g/mol. The third kappa shape index (κ3) is 3.69. The van der Waals surface area contributed by atoms with Gasteiger partial charge in [-0.3, -0.25) is 9.59 Å². The third-order valence-corrected chi connectivity index (χ3v) is 5.52. The van der Waals surface area contributed by atoms with Crippen LogP contribution in [0.1, 0.15) is 28.8 Å². The van der Waals surface area contributed by atoms with Crippen LogP contribution in [0.15, 0.2) is 73.1 Å². The maximum Gasteiger partial charge on any atom is 0.573 e. The number of ketones is 1. The Balaban J connectivity index is 1.78. The standard InChI is InChI=1S/C23H19F3N2O3/c1-27-19-10-9-17(31-23(24,25)26)15-18(19)22(21(27)30,28-13-5-6-14-28)12-11-20(29)16-7-3-2-4-8-16/h2-10,13-15H,11-12H2,1H3/t22-/m1/s1. The molecule has 1 atom stereocenters. The number of likely N-dealkylation sites (N-methyl/N-ethyl adjacent to an activating group) is 1. The largest absolute Gasteiger partial charge is 0.573 e. The normalized spacial score (nSPS) is 18.2. The molecule has 0 saturated carbocycles. The van der Waals surface area contributed by atoms with E-state index in [-0.39, 0.29) is 24.5 Å². The van der Waals surface area contributed by atoms with E-state index in [1.165, 1.54) is 23.1 Å². The lowest BCUT2D eigenvalue weighted by Crippen LogP contribution is -2.44. The van der Waals surface area contributed by atoms with Crippen molar-refractivity contribution in [3.05, 3.63) is 84.2 Å². The highest BCUT2D eigenvalue weighted by atomic mass is 19.4. The van der Waals surface area contributed by atoms with Crippen molar-refractivity contribution in [1.82, 2.24) is 4.57 Å². The van der Waals surface area contributed by atoms with E-state index in [2.05, 4.69) is 4.74 Å². The minimum absolute atomic E-state index is 0.0333. The summed E-state index contributed by atoms with van der Waals surface area (Å²) in [7, 11) is 1.57. The van der Waals surface area contributed by atoms with E-state index < -0.39 is 17.7 Å². The molecule has 1 aromatic heterocycles. The summed E-state index contributed by atoms with van der Waals surface area (Å²) in [5.74, 6) is -0.900.